The molecular formula is C20H23N5O. The van der Waals surface area contributed by atoms with Crippen molar-refractivity contribution in [2.45, 2.75) is 6.42 Å². The summed E-state index contributed by atoms with van der Waals surface area (Å²) in [5.41, 5.74) is 2.99. The maximum Gasteiger partial charge on any atom is 0.152 e. The van der Waals surface area contributed by atoms with Crippen LogP contribution in [0.5, 0.6) is 0 Å². The second-order valence-corrected chi connectivity index (χ2v) is 7.02. The fraction of sp³-hybridized carbons (Fsp3) is 0.350. The molecule has 2 aromatic heterocycles. The Balaban J connectivity index is 1.47. The third-order valence-electron chi connectivity index (χ3n) is 4.98. The van der Waals surface area contributed by atoms with Crippen molar-refractivity contribution in [3.63, 3.8) is 0 Å². The van der Waals surface area contributed by atoms with Crippen LogP contribution < -0.4 is 0 Å². The number of carbonyl (C=O) groups excluding carboxylic acids is 1. The third kappa shape index (κ3) is 3.81. The first-order chi connectivity index (χ1) is 12.7. The predicted octanol–water partition coefficient (Wildman–Crippen LogP) is 1.98. The summed E-state index contributed by atoms with van der Waals surface area (Å²) in [6.45, 7) is 4.49. The topological polar surface area (TPSA) is 65.1 Å². The maximum absolute atomic E-state index is 12.4. The number of nitrogens with one attached hydrogen (secondary N) is 1. The first-order valence-corrected chi connectivity index (χ1v) is 8.98. The first-order valence-electron chi connectivity index (χ1n) is 8.98. The minimum atomic E-state index is 0.229. The van der Waals surface area contributed by atoms with Gasteiger partial charge in [-0.25, -0.2) is 0 Å². The first kappa shape index (κ1) is 16.9. The van der Waals surface area contributed by atoms with Gasteiger partial charge in [-0.15, -0.1) is 0 Å². The lowest BCUT2D eigenvalue weighted by atomic mass is 10.0. The van der Waals surface area contributed by atoms with Crippen LogP contribution in [0.2, 0.25) is 0 Å². The molecule has 0 unspecified atom stereocenters. The van der Waals surface area contributed by atoms with Gasteiger partial charge in [0, 0.05) is 55.2 Å². The zero-order valence-electron chi connectivity index (χ0n) is 15.0. The molecule has 6 nitrogen and oxygen atoms in total. The highest BCUT2D eigenvalue weighted by Crippen LogP contribution is 2.23. The van der Waals surface area contributed by atoms with Gasteiger partial charge in [0.2, 0.25) is 0 Å². The van der Waals surface area contributed by atoms with E-state index in [0.717, 1.165) is 53.8 Å². The van der Waals surface area contributed by atoms with Gasteiger partial charge in [0.25, 0.3) is 0 Å². The van der Waals surface area contributed by atoms with Gasteiger partial charge >= 0.3 is 0 Å². The molecule has 1 aliphatic heterocycles. The van der Waals surface area contributed by atoms with Crippen molar-refractivity contribution in [1.82, 2.24) is 25.0 Å². The Bertz CT molecular complexity index is 898. The number of hydrogen-bond acceptors (Lipinski definition) is 5. The molecular weight excluding hydrogens is 326 g/mol. The normalized spacial score (nSPS) is 16.2. The zero-order chi connectivity index (χ0) is 17.9. The van der Waals surface area contributed by atoms with Crippen molar-refractivity contribution in [1.29, 1.82) is 0 Å². The van der Waals surface area contributed by atoms with E-state index >= 15 is 0 Å². The smallest absolute Gasteiger partial charge is 0.152 e. The molecule has 0 amide bonds. The molecule has 6 heteroatoms. The molecule has 3 heterocycles. The van der Waals surface area contributed by atoms with Gasteiger partial charge in [-0.1, -0.05) is 12.1 Å². The molecule has 1 aromatic carbocycles. The van der Waals surface area contributed by atoms with Crippen LogP contribution in [0, 0.1) is 0 Å². The third-order valence-corrected chi connectivity index (χ3v) is 4.98. The van der Waals surface area contributed by atoms with Crippen LogP contribution in [-0.2, 0) is 11.2 Å². The van der Waals surface area contributed by atoms with Gasteiger partial charge < -0.3 is 4.90 Å². The summed E-state index contributed by atoms with van der Waals surface area (Å²) in [6, 6.07) is 8.27. The second-order valence-electron chi connectivity index (χ2n) is 7.02. The summed E-state index contributed by atoms with van der Waals surface area (Å²) in [7, 11) is 2.12. The average Bonchev–Trinajstić information content (AvgIpc) is 3.18. The average molecular weight is 349 g/mol. The molecule has 3 aromatic rings. The van der Waals surface area contributed by atoms with Gasteiger partial charge in [-0.05, 0) is 30.1 Å². The molecule has 1 N–H and O–H groups in total. The number of nitrogens with zero attached hydrogens (tertiary/aromatic N) is 4. The number of aromatic amines is 1. The van der Waals surface area contributed by atoms with Gasteiger partial charge in [0.05, 0.1) is 19.2 Å². The quantitative estimate of drug-likeness (QED) is 0.763. The van der Waals surface area contributed by atoms with E-state index in [4.69, 9.17) is 0 Å². The van der Waals surface area contributed by atoms with Crippen LogP contribution in [0.15, 0.2) is 42.9 Å². The minimum Gasteiger partial charge on any atom is -0.304 e. The van der Waals surface area contributed by atoms with Crippen LogP contribution in [-0.4, -0.2) is 70.5 Å². The monoisotopic (exact) mass is 349 g/mol. The molecule has 4 rings (SSSR count). The van der Waals surface area contributed by atoms with Crippen LogP contribution in [0.3, 0.4) is 0 Å². The molecule has 0 spiro atoms. The lowest BCUT2D eigenvalue weighted by molar-refractivity contribution is -0.120. The predicted molar refractivity (Wildman–Crippen MR) is 102 cm³/mol. The number of Topliss-reactive ketones (excluding diaryl/α,β-unsaturated/α-hetero) is 1. The summed E-state index contributed by atoms with van der Waals surface area (Å²) in [5.74, 6) is 0.229. The molecule has 134 valence electrons. The van der Waals surface area contributed by atoms with E-state index in [9.17, 15) is 4.79 Å². The summed E-state index contributed by atoms with van der Waals surface area (Å²) in [5, 5.41) is 9.02. The van der Waals surface area contributed by atoms with Gasteiger partial charge in [-0.2, -0.15) is 5.10 Å². The lowest BCUT2D eigenvalue weighted by Crippen LogP contribution is -2.46. The standard InChI is InChI=1S/C20H23N5O/c1-24-4-6-25(7-5-24)14-20(26)10-19-9-17-8-15(18-12-22-23-13-18)2-3-16(17)11-21-19/h2-3,8-9,11-13H,4-7,10,14H2,1H3,(H,22,23). The molecule has 1 saturated heterocycles. The molecule has 1 fully saturated rings. The molecule has 0 radical (unpaired) electrons. The van der Waals surface area contributed by atoms with E-state index in [1.807, 2.05) is 24.7 Å². The number of pyridine rings is 1. The van der Waals surface area contributed by atoms with Crippen molar-refractivity contribution in [2.24, 2.45) is 0 Å². The van der Waals surface area contributed by atoms with Crippen LogP contribution in [0.25, 0.3) is 21.9 Å². The highest BCUT2D eigenvalue weighted by atomic mass is 16.1. The van der Waals surface area contributed by atoms with E-state index < -0.39 is 0 Å². The number of ketones is 1. The molecule has 0 saturated carbocycles. The number of likely N-dealkylation sites (N-methyl/N-ethyl adjacent to an activating group) is 1. The Morgan fingerprint density at radius 3 is 2.69 bits per heavy atom. The molecule has 1 aliphatic rings. The Morgan fingerprint density at radius 1 is 1.08 bits per heavy atom. The number of aromatic nitrogens is 3. The lowest BCUT2D eigenvalue weighted by Gasteiger charge is -2.31. The van der Waals surface area contributed by atoms with Crippen molar-refractivity contribution >= 4 is 16.6 Å². The summed E-state index contributed by atoms with van der Waals surface area (Å²) < 4.78 is 0. The SMILES string of the molecule is CN1CCN(CC(=O)Cc2cc3cc(-c4cn[nH]c4)ccc3cn2)CC1. The number of carbonyl (C=O) groups is 1. The summed E-state index contributed by atoms with van der Waals surface area (Å²) in [4.78, 5) is 21.5. The highest BCUT2D eigenvalue weighted by molar-refractivity contribution is 5.88. The summed E-state index contributed by atoms with van der Waals surface area (Å²) >= 11 is 0. The molecule has 26 heavy (non-hydrogen) atoms. The number of rotatable bonds is 5. The highest BCUT2D eigenvalue weighted by Gasteiger charge is 2.17. The number of piperazine rings is 1. The van der Waals surface area contributed by atoms with Gasteiger partial charge in [-0.3, -0.25) is 19.8 Å². The number of fused-ring (bicyclic) bond motifs is 1. The van der Waals surface area contributed by atoms with Crippen LogP contribution >= 0.6 is 0 Å². The zero-order valence-corrected chi connectivity index (χ0v) is 15.0. The summed E-state index contributed by atoms with van der Waals surface area (Å²) in [6.07, 6.45) is 5.93. The number of benzene rings is 1. The van der Waals surface area contributed by atoms with E-state index in [-0.39, 0.29) is 5.78 Å². The minimum absolute atomic E-state index is 0.229. The maximum atomic E-state index is 12.4. The van der Waals surface area contributed by atoms with Crippen molar-refractivity contribution in [2.75, 3.05) is 39.8 Å². The molecule has 0 atom stereocenters. The van der Waals surface area contributed by atoms with Gasteiger partial charge in [0.15, 0.2) is 5.78 Å². The Labute approximate surface area is 152 Å². The van der Waals surface area contributed by atoms with E-state index in [0.29, 0.717) is 13.0 Å². The van der Waals surface area contributed by atoms with E-state index in [2.05, 4.69) is 50.2 Å². The van der Waals surface area contributed by atoms with Crippen LogP contribution in [0.4, 0.5) is 0 Å². The number of hydrogen-bond donors (Lipinski definition) is 1. The van der Waals surface area contributed by atoms with E-state index in [1.165, 1.54) is 0 Å². The fourth-order valence-corrected chi connectivity index (χ4v) is 3.38. The molecule has 0 aliphatic carbocycles. The Hall–Kier alpha value is -2.57. The Kier molecular flexibility index (Phi) is 4.77. The molecule has 0 bridgehead atoms. The van der Waals surface area contributed by atoms with E-state index in [1.54, 1.807) is 0 Å². The number of H-pyrrole nitrogens is 1. The largest absolute Gasteiger partial charge is 0.304 e. The van der Waals surface area contributed by atoms with Crippen molar-refractivity contribution in [3.05, 3.63) is 48.5 Å². The van der Waals surface area contributed by atoms with Crippen molar-refractivity contribution in [3.8, 4) is 11.1 Å². The van der Waals surface area contributed by atoms with Gasteiger partial charge in [0.1, 0.15) is 0 Å². The second kappa shape index (κ2) is 7.35. The fourth-order valence-electron chi connectivity index (χ4n) is 3.38. The Morgan fingerprint density at radius 2 is 1.92 bits per heavy atom. The van der Waals surface area contributed by atoms with Crippen LogP contribution in [0.1, 0.15) is 5.69 Å². The van der Waals surface area contributed by atoms with Crippen molar-refractivity contribution < 1.29 is 4.79 Å².